The van der Waals surface area contributed by atoms with Crippen LogP contribution in [0.15, 0.2) is 27.2 Å². The molecule has 9 nitrogen and oxygen atoms in total. The molecule has 1 amide bonds. The molecule has 0 aromatic rings. The first kappa shape index (κ1) is 35.0. The third-order valence-corrected chi connectivity index (χ3v) is 8.14. The molecule has 2 aliphatic rings. The van der Waals surface area contributed by atoms with Crippen molar-refractivity contribution in [1.29, 1.82) is 0 Å². The van der Waals surface area contributed by atoms with Crippen molar-refractivity contribution in [1.82, 2.24) is 16.0 Å². The van der Waals surface area contributed by atoms with Crippen LogP contribution < -0.4 is 33.2 Å². The molecule has 2 heterocycles. The van der Waals surface area contributed by atoms with Gasteiger partial charge in [0, 0.05) is 19.0 Å². The van der Waals surface area contributed by atoms with Crippen molar-refractivity contribution in [3.8, 4) is 0 Å². The number of alkyl halides is 1. The maximum absolute atomic E-state index is 15.3. The average Bonchev–Trinajstić information content (AvgIpc) is 2.91. The van der Waals surface area contributed by atoms with E-state index in [2.05, 4.69) is 52.6 Å². The lowest BCUT2D eigenvalue weighted by molar-refractivity contribution is -0.125. The molecule has 41 heavy (non-hydrogen) atoms. The first-order valence-corrected chi connectivity index (χ1v) is 15.5. The van der Waals surface area contributed by atoms with Gasteiger partial charge in [-0.15, -0.1) is 0 Å². The Kier molecular flexibility index (Phi) is 15.1. The molecule has 0 aromatic carbocycles. The highest BCUT2D eigenvalue weighted by Gasteiger charge is 2.39. The number of halogens is 2. The molecular weight excluding hydrogens is 526 g/mol. The van der Waals surface area contributed by atoms with E-state index in [4.69, 9.17) is 17.2 Å². The van der Waals surface area contributed by atoms with Gasteiger partial charge in [0.2, 0.25) is 5.91 Å². The van der Waals surface area contributed by atoms with Crippen LogP contribution in [0.2, 0.25) is 0 Å². The molecule has 0 fully saturated rings. The van der Waals surface area contributed by atoms with Gasteiger partial charge in [-0.1, -0.05) is 59.3 Å². The molecular formula is C30H54F2N8O. The van der Waals surface area contributed by atoms with Gasteiger partial charge in [0.25, 0.3) is 0 Å². The van der Waals surface area contributed by atoms with Gasteiger partial charge in [-0.2, -0.15) is 0 Å². The molecule has 234 valence electrons. The van der Waals surface area contributed by atoms with Crippen molar-refractivity contribution in [2.45, 2.75) is 129 Å². The lowest BCUT2D eigenvalue weighted by Gasteiger charge is -2.36. The summed E-state index contributed by atoms with van der Waals surface area (Å²) in [6.07, 6.45) is 7.27. The minimum atomic E-state index is -1.44. The van der Waals surface area contributed by atoms with Crippen molar-refractivity contribution in [2.24, 2.45) is 38.5 Å². The summed E-state index contributed by atoms with van der Waals surface area (Å²) in [5.41, 5.74) is 19.0. The Morgan fingerprint density at radius 1 is 1.17 bits per heavy atom. The number of allylic oxidation sites excluding steroid dienone is 2. The summed E-state index contributed by atoms with van der Waals surface area (Å²) in [4.78, 5) is 22.8. The van der Waals surface area contributed by atoms with Crippen LogP contribution in [-0.2, 0) is 4.79 Å². The van der Waals surface area contributed by atoms with E-state index in [0.29, 0.717) is 30.7 Å². The van der Waals surface area contributed by atoms with E-state index < -0.39 is 36.0 Å². The van der Waals surface area contributed by atoms with E-state index in [9.17, 15) is 9.18 Å². The Balaban J connectivity index is 2.42. The first-order valence-electron chi connectivity index (χ1n) is 15.5. The second-order valence-corrected chi connectivity index (χ2v) is 11.9. The first-order chi connectivity index (χ1) is 19.5. The fraction of sp³-hybridized carbons (Fsp3) is 0.800. The largest absolute Gasteiger partial charge is 0.369 e. The van der Waals surface area contributed by atoms with Gasteiger partial charge < -0.3 is 27.8 Å². The molecule has 11 heteroatoms. The third kappa shape index (κ3) is 11.2. The van der Waals surface area contributed by atoms with Crippen LogP contribution in [0.4, 0.5) is 8.78 Å². The average molecular weight is 581 g/mol. The summed E-state index contributed by atoms with van der Waals surface area (Å²) < 4.78 is 29.8. The standard InChI is InChI=1S/C30H54F2N8O/c1-5-7-9-10-11-12-23-27(26(22(32)18-37-23)39-20(3)38-19-33)40-29(41)25(28(34)35)24-16-30(4,14-8-6-2)15-13-21(31)17-36-24/h20,22,24-25,28,38-39H,5-16,18-19,33-35H2,1-4H3,(H,40,41)/t20?,22?,24?,25?,30-/m1/s1. The molecule has 0 saturated carbocycles. The van der Waals surface area contributed by atoms with Crippen molar-refractivity contribution in [3.05, 3.63) is 17.2 Å². The topological polar surface area (TPSA) is 156 Å². The van der Waals surface area contributed by atoms with E-state index >= 15 is 4.39 Å². The summed E-state index contributed by atoms with van der Waals surface area (Å²) in [5, 5.41) is 9.10. The second-order valence-electron chi connectivity index (χ2n) is 11.9. The highest BCUT2D eigenvalue weighted by molar-refractivity contribution is 6.04. The number of amides is 1. The van der Waals surface area contributed by atoms with E-state index in [-0.39, 0.29) is 36.9 Å². The van der Waals surface area contributed by atoms with Gasteiger partial charge in [0.05, 0.1) is 47.9 Å². The molecule has 0 bridgehead atoms. The van der Waals surface area contributed by atoms with E-state index in [1.54, 1.807) is 0 Å². The molecule has 5 atom stereocenters. The van der Waals surface area contributed by atoms with Crippen molar-refractivity contribution >= 4 is 17.5 Å². The van der Waals surface area contributed by atoms with Gasteiger partial charge in [-0.25, -0.2) is 13.8 Å². The van der Waals surface area contributed by atoms with Crippen LogP contribution in [0.5, 0.6) is 0 Å². The fourth-order valence-corrected chi connectivity index (χ4v) is 5.66. The van der Waals surface area contributed by atoms with Gasteiger partial charge in [0.1, 0.15) is 0 Å². The highest BCUT2D eigenvalue weighted by Crippen LogP contribution is 2.39. The second kappa shape index (κ2) is 17.7. The van der Waals surface area contributed by atoms with Gasteiger partial charge >= 0.3 is 0 Å². The Hall–Kier alpha value is -2.17. The van der Waals surface area contributed by atoms with Crippen LogP contribution in [0.3, 0.4) is 0 Å². The zero-order valence-corrected chi connectivity index (χ0v) is 25.6. The Bertz CT molecular complexity index is 962. The van der Waals surface area contributed by atoms with E-state index in [0.717, 1.165) is 51.4 Å². The SMILES string of the molecule is CCCCCCCC1=NCC(F)C(NC(C)NCN)=C1NC(=O)C(C(N)N)C1C[C@](C)(CCCC)CCC(F)=C=N1. The molecule has 0 spiro atoms. The molecule has 2 rings (SSSR count). The number of hydrogen-bond acceptors (Lipinski definition) is 8. The molecule has 0 radical (unpaired) electrons. The number of unbranched alkanes of at least 4 members (excludes halogenated alkanes) is 5. The molecule has 9 N–H and O–H groups in total. The zero-order chi connectivity index (χ0) is 30.4. The number of nitrogens with zero attached hydrogens (tertiary/aromatic N) is 2. The Labute approximate surface area is 245 Å². The van der Waals surface area contributed by atoms with Gasteiger partial charge in [0.15, 0.2) is 12.0 Å². The number of nitrogens with one attached hydrogen (secondary N) is 3. The molecule has 0 saturated heterocycles. The highest BCUT2D eigenvalue weighted by atomic mass is 19.1. The molecule has 0 aliphatic carbocycles. The summed E-state index contributed by atoms with van der Waals surface area (Å²) in [6.45, 7) is 8.37. The maximum atomic E-state index is 15.3. The number of aliphatic imine (C=N–C) groups is 2. The van der Waals surface area contributed by atoms with Crippen molar-refractivity contribution in [3.63, 3.8) is 0 Å². The van der Waals surface area contributed by atoms with E-state index in [1.807, 2.05) is 6.92 Å². The van der Waals surface area contributed by atoms with Crippen LogP contribution in [0.25, 0.3) is 0 Å². The van der Waals surface area contributed by atoms with Crippen molar-refractivity contribution in [2.75, 3.05) is 13.2 Å². The minimum Gasteiger partial charge on any atom is -0.369 e. The summed E-state index contributed by atoms with van der Waals surface area (Å²) in [5.74, 6) is 0.577. The summed E-state index contributed by atoms with van der Waals surface area (Å²) in [6, 6.07) is -0.683. The summed E-state index contributed by atoms with van der Waals surface area (Å²) >= 11 is 0. The van der Waals surface area contributed by atoms with Crippen LogP contribution in [0.1, 0.15) is 105 Å². The van der Waals surface area contributed by atoms with Crippen LogP contribution in [0, 0.1) is 11.3 Å². The number of hydrogen-bond donors (Lipinski definition) is 6. The summed E-state index contributed by atoms with van der Waals surface area (Å²) in [7, 11) is 0. The number of rotatable bonds is 17. The smallest absolute Gasteiger partial charge is 0.232 e. The quantitative estimate of drug-likeness (QED) is 0.113. The monoisotopic (exact) mass is 580 g/mol. The number of carbonyl (C=O) groups excluding carboxylic acids is 1. The van der Waals surface area contributed by atoms with E-state index in [1.165, 1.54) is 0 Å². The number of carbonyl (C=O) groups is 1. The Morgan fingerprint density at radius 3 is 2.54 bits per heavy atom. The minimum absolute atomic E-state index is 0.0338. The van der Waals surface area contributed by atoms with Crippen LogP contribution >= 0.6 is 0 Å². The number of nitrogens with two attached hydrogens (primary N) is 3. The predicted molar refractivity (Wildman–Crippen MR) is 164 cm³/mol. The van der Waals surface area contributed by atoms with Crippen molar-refractivity contribution < 1.29 is 13.6 Å². The number of dihydropyridines is 1. The predicted octanol–water partition coefficient (Wildman–Crippen LogP) is 4.04. The molecule has 2 aliphatic heterocycles. The zero-order valence-electron chi connectivity index (χ0n) is 25.6. The van der Waals surface area contributed by atoms with Gasteiger partial charge in [-0.3, -0.25) is 15.1 Å². The lowest BCUT2D eigenvalue weighted by Crippen LogP contribution is -2.54. The third-order valence-electron chi connectivity index (χ3n) is 8.14. The van der Waals surface area contributed by atoms with Gasteiger partial charge in [-0.05, 0) is 44.4 Å². The Morgan fingerprint density at radius 2 is 1.88 bits per heavy atom. The molecule has 4 unspecified atom stereocenters. The molecule has 0 aromatic heterocycles. The lowest BCUT2D eigenvalue weighted by atomic mass is 9.72. The fourth-order valence-electron chi connectivity index (χ4n) is 5.66. The normalized spacial score (nSPS) is 24.8. The maximum Gasteiger partial charge on any atom is 0.232 e. The van der Waals surface area contributed by atoms with Crippen LogP contribution in [-0.4, -0.2) is 55.2 Å².